The number of ether oxygens (including phenoxy) is 4. The molecule has 0 spiro atoms. The van der Waals surface area contributed by atoms with Crippen LogP contribution in [0.3, 0.4) is 0 Å². The summed E-state index contributed by atoms with van der Waals surface area (Å²) in [7, 11) is 0. The number of aliphatic hydroxyl groups is 1. The van der Waals surface area contributed by atoms with Crippen LogP contribution in [-0.4, -0.2) is 54.4 Å². The first kappa shape index (κ1) is 17.7. The number of hydrogen-bond acceptors (Lipinski definition) is 7. The van der Waals surface area contributed by atoms with Crippen molar-refractivity contribution in [2.24, 2.45) is 0 Å². The Morgan fingerprint density at radius 3 is 1.93 bits per heavy atom. The lowest BCUT2D eigenvalue weighted by Gasteiger charge is -2.37. The second-order valence-corrected chi connectivity index (χ2v) is 6.34. The summed E-state index contributed by atoms with van der Waals surface area (Å²) in [5.41, 5.74) is 0.665. The van der Waals surface area contributed by atoms with Crippen LogP contribution in [0.2, 0.25) is 0 Å². The van der Waals surface area contributed by atoms with Gasteiger partial charge in [0.2, 0.25) is 0 Å². The van der Waals surface area contributed by atoms with Crippen molar-refractivity contribution in [1.29, 1.82) is 0 Å². The summed E-state index contributed by atoms with van der Waals surface area (Å²) in [6, 6.07) is 16.8. The predicted molar refractivity (Wildman–Crippen MR) is 91.9 cm³/mol. The molecule has 0 unspecified atom stereocenters. The van der Waals surface area contributed by atoms with Crippen LogP contribution in [0.5, 0.6) is 0 Å². The summed E-state index contributed by atoms with van der Waals surface area (Å²) in [5, 5.41) is 10.5. The zero-order chi connectivity index (χ0) is 18.8. The van der Waals surface area contributed by atoms with E-state index in [1.807, 2.05) is 0 Å². The Kier molecular flexibility index (Phi) is 4.89. The van der Waals surface area contributed by atoms with Gasteiger partial charge in [-0.05, 0) is 24.3 Å². The first-order valence-electron chi connectivity index (χ1n) is 8.60. The maximum absolute atomic E-state index is 12.4. The molecule has 2 aliphatic rings. The van der Waals surface area contributed by atoms with E-state index in [0.717, 1.165) is 0 Å². The minimum atomic E-state index is -1.18. The molecule has 2 aromatic rings. The van der Waals surface area contributed by atoms with Gasteiger partial charge in [0.05, 0.1) is 17.7 Å². The van der Waals surface area contributed by atoms with Gasteiger partial charge < -0.3 is 24.1 Å². The number of aliphatic hydroxyl groups excluding tert-OH is 1. The summed E-state index contributed by atoms with van der Waals surface area (Å²) < 4.78 is 22.0. The van der Waals surface area contributed by atoms with Gasteiger partial charge >= 0.3 is 11.9 Å². The number of hydrogen-bond donors (Lipinski definition) is 1. The molecule has 2 bridgehead atoms. The molecule has 4 rings (SSSR count). The lowest BCUT2D eigenvalue weighted by Crippen LogP contribution is -2.57. The molecule has 2 fully saturated rings. The van der Waals surface area contributed by atoms with E-state index in [0.29, 0.717) is 11.1 Å². The van der Waals surface area contributed by atoms with Crippen LogP contribution in [0, 0.1) is 0 Å². The third kappa shape index (κ3) is 3.57. The summed E-state index contributed by atoms with van der Waals surface area (Å²) in [6.07, 6.45) is -4.91. The smallest absolute Gasteiger partial charge is 0.338 e. The van der Waals surface area contributed by atoms with Gasteiger partial charge in [0.25, 0.3) is 0 Å². The fraction of sp³-hybridized carbons (Fsp3) is 0.300. The Labute approximate surface area is 155 Å². The van der Waals surface area contributed by atoms with E-state index in [9.17, 15) is 14.7 Å². The van der Waals surface area contributed by atoms with Gasteiger partial charge in [0.1, 0.15) is 12.2 Å². The zero-order valence-electron chi connectivity index (χ0n) is 14.3. The van der Waals surface area contributed by atoms with Crippen LogP contribution in [-0.2, 0) is 18.9 Å². The molecule has 140 valence electrons. The summed E-state index contributed by atoms with van der Waals surface area (Å²) >= 11 is 0. The molecule has 0 amide bonds. The Morgan fingerprint density at radius 1 is 0.852 bits per heavy atom. The molecule has 27 heavy (non-hydrogen) atoms. The molecule has 7 heteroatoms. The van der Waals surface area contributed by atoms with Gasteiger partial charge in [-0.1, -0.05) is 36.4 Å². The van der Waals surface area contributed by atoms with Crippen molar-refractivity contribution in [2.75, 3.05) is 6.61 Å². The number of carbonyl (C=O) groups is 2. The number of esters is 2. The van der Waals surface area contributed by atoms with E-state index >= 15 is 0 Å². The summed E-state index contributed by atoms with van der Waals surface area (Å²) in [6.45, 7) is 0.130. The number of rotatable bonds is 4. The standard InChI is InChI=1S/C20H18O7/c21-15-14-11-24-20(25-14)17(27-19(23)13-9-5-2-6-10-13)16(15)26-18(22)12-7-3-1-4-8-12/h1-10,14-17,20-21H,11H2/t14-,15+,16-,17+,20-/m0/s1. The maximum atomic E-state index is 12.4. The largest absolute Gasteiger partial charge is 0.452 e. The molecule has 0 aliphatic carbocycles. The van der Waals surface area contributed by atoms with Crippen LogP contribution < -0.4 is 0 Å². The van der Waals surface area contributed by atoms with Gasteiger partial charge in [-0.3, -0.25) is 0 Å². The Balaban J connectivity index is 1.55. The number of fused-ring (bicyclic) bond motifs is 2. The third-order valence-electron chi connectivity index (χ3n) is 4.55. The first-order valence-corrected chi connectivity index (χ1v) is 8.60. The normalized spacial score (nSPS) is 29.1. The highest BCUT2D eigenvalue weighted by atomic mass is 16.8. The van der Waals surface area contributed by atoms with Crippen LogP contribution in [0.4, 0.5) is 0 Å². The van der Waals surface area contributed by atoms with Crippen molar-refractivity contribution in [3.8, 4) is 0 Å². The fourth-order valence-corrected chi connectivity index (χ4v) is 3.14. The molecule has 5 atom stereocenters. The Bertz CT molecular complexity index is 754. The van der Waals surface area contributed by atoms with E-state index in [4.69, 9.17) is 18.9 Å². The highest BCUT2D eigenvalue weighted by Crippen LogP contribution is 2.32. The van der Waals surface area contributed by atoms with Crippen LogP contribution in [0.25, 0.3) is 0 Å². The molecular weight excluding hydrogens is 352 g/mol. The van der Waals surface area contributed by atoms with Gasteiger partial charge in [0.15, 0.2) is 18.5 Å². The van der Waals surface area contributed by atoms with Crippen molar-refractivity contribution in [2.45, 2.75) is 30.7 Å². The van der Waals surface area contributed by atoms with Crippen molar-refractivity contribution in [3.63, 3.8) is 0 Å². The van der Waals surface area contributed by atoms with Crippen molar-refractivity contribution in [3.05, 3.63) is 71.8 Å². The minimum Gasteiger partial charge on any atom is -0.452 e. The van der Waals surface area contributed by atoms with E-state index in [-0.39, 0.29) is 6.61 Å². The second kappa shape index (κ2) is 7.48. The van der Waals surface area contributed by atoms with E-state index in [2.05, 4.69) is 0 Å². The molecule has 0 saturated carbocycles. The van der Waals surface area contributed by atoms with Crippen LogP contribution in [0.1, 0.15) is 20.7 Å². The lowest BCUT2D eigenvalue weighted by atomic mass is 10.0. The van der Waals surface area contributed by atoms with Crippen molar-refractivity contribution < 1.29 is 33.6 Å². The average molecular weight is 370 g/mol. The summed E-state index contributed by atoms with van der Waals surface area (Å²) in [4.78, 5) is 24.9. The number of benzene rings is 2. The molecule has 0 aromatic heterocycles. The average Bonchev–Trinajstić information content (AvgIpc) is 3.16. The van der Waals surface area contributed by atoms with Crippen molar-refractivity contribution >= 4 is 11.9 Å². The molecule has 7 nitrogen and oxygen atoms in total. The molecular formula is C20H18O7. The van der Waals surface area contributed by atoms with Gasteiger partial charge in [-0.2, -0.15) is 0 Å². The SMILES string of the molecule is O=C(O[C@H]1[C@H]2OC[C@H](O2)[C@@H](O)[C@@H]1OC(=O)c1ccccc1)c1ccccc1. The molecule has 0 radical (unpaired) electrons. The maximum Gasteiger partial charge on any atom is 0.338 e. The zero-order valence-corrected chi connectivity index (χ0v) is 14.3. The third-order valence-corrected chi connectivity index (χ3v) is 4.55. The predicted octanol–water partition coefficient (Wildman–Crippen LogP) is 1.55. The minimum absolute atomic E-state index is 0.130. The van der Waals surface area contributed by atoms with Gasteiger partial charge in [-0.25, -0.2) is 9.59 Å². The Hall–Kier alpha value is -2.74. The van der Waals surface area contributed by atoms with E-state index in [1.165, 1.54) is 0 Å². The fourth-order valence-electron chi connectivity index (χ4n) is 3.14. The second-order valence-electron chi connectivity index (χ2n) is 6.34. The van der Waals surface area contributed by atoms with E-state index < -0.39 is 42.6 Å². The Morgan fingerprint density at radius 2 is 1.37 bits per heavy atom. The molecule has 2 aliphatic heterocycles. The highest BCUT2D eigenvalue weighted by Gasteiger charge is 2.54. The summed E-state index contributed by atoms with van der Waals surface area (Å²) in [5.74, 6) is -1.24. The quantitative estimate of drug-likeness (QED) is 0.817. The number of carbonyl (C=O) groups excluding carboxylic acids is 2. The topological polar surface area (TPSA) is 91.3 Å². The van der Waals surface area contributed by atoms with Crippen LogP contribution >= 0.6 is 0 Å². The monoisotopic (exact) mass is 370 g/mol. The molecule has 2 heterocycles. The van der Waals surface area contributed by atoms with Gasteiger partial charge in [-0.15, -0.1) is 0 Å². The molecule has 2 aromatic carbocycles. The lowest BCUT2D eigenvalue weighted by molar-refractivity contribution is -0.228. The van der Waals surface area contributed by atoms with Crippen LogP contribution in [0.15, 0.2) is 60.7 Å². The molecule has 1 N–H and O–H groups in total. The highest BCUT2D eigenvalue weighted by molar-refractivity contribution is 5.90. The van der Waals surface area contributed by atoms with Crippen molar-refractivity contribution in [1.82, 2.24) is 0 Å². The van der Waals surface area contributed by atoms with E-state index in [1.54, 1.807) is 60.7 Å². The van der Waals surface area contributed by atoms with Gasteiger partial charge in [0, 0.05) is 0 Å². The molecule has 2 saturated heterocycles. The first-order chi connectivity index (χ1) is 13.1.